The number of likely N-dealkylation sites (tertiary alicyclic amines) is 1. The zero-order valence-electron chi connectivity index (χ0n) is 16.6. The Kier molecular flexibility index (Phi) is 5.08. The van der Waals surface area contributed by atoms with Crippen LogP contribution in [0.1, 0.15) is 29.5 Å². The topological polar surface area (TPSA) is 68.8 Å². The predicted molar refractivity (Wildman–Crippen MR) is 102 cm³/mol. The molecule has 1 amide bonds. The lowest BCUT2D eigenvalue weighted by Gasteiger charge is -2.20. The molecule has 30 heavy (non-hydrogen) atoms. The molecule has 1 atom stereocenters. The van der Waals surface area contributed by atoms with Crippen molar-refractivity contribution in [2.45, 2.75) is 39.0 Å². The maximum Gasteiger partial charge on any atom is 0.435 e. The van der Waals surface area contributed by atoms with Crippen molar-refractivity contribution < 1.29 is 18.0 Å². The van der Waals surface area contributed by atoms with E-state index in [4.69, 9.17) is 0 Å². The number of hydrogen-bond donors (Lipinski definition) is 0. The van der Waals surface area contributed by atoms with Gasteiger partial charge in [0.1, 0.15) is 12.4 Å². The molecule has 1 unspecified atom stereocenters. The van der Waals surface area contributed by atoms with Crippen LogP contribution in [-0.2, 0) is 17.5 Å². The molecule has 0 saturated carbocycles. The summed E-state index contributed by atoms with van der Waals surface area (Å²) in [5, 5.41) is 3.55. The van der Waals surface area contributed by atoms with Crippen molar-refractivity contribution in [1.29, 1.82) is 0 Å². The highest BCUT2D eigenvalue weighted by Gasteiger charge is 2.35. The van der Waals surface area contributed by atoms with Gasteiger partial charge >= 0.3 is 6.18 Å². The fourth-order valence-corrected chi connectivity index (χ4v) is 3.84. The number of pyridine rings is 1. The van der Waals surface area contributed by atoms with Gasteiger partial charge in [0.05, 0.1) is 6.04 Å². The molecule has 3 aromatic rings. The molecule has 0 spiro atoms. The zero-order chi connectivity index (χ0) is 21.5. The first-order valence-corrected chi connectivity index (χ1v) is 9.57. The molecule has 4 rings (SSSR count). The van der Waals surface area contributed by atoms with Gasteiger partial charge in [-0.15, -0.1) is 0 Å². The van der Waals surface area contributed by atoms with Gasteiger partial charge in [-0.3, -0.25) is 14.5 Å². The summed E-state index contributed by atoms with van der Waals surface area (Å²) in [6.45, 7) is 4.27. The first-order valence-electron chi connectivity index (χ1n) is 9.57. The van der Waals surface area contributed by atoms with Gasteiger partial charge in [0.15, 0.2) is 5.69 Å². The van der Waals surface area contributed by atoms with Crippen molar-refractivity contribution in [3.8, 4) is 11.4 Å². The molecule has 7 nitrogen and oxygen atoms in total. The van der Waals surface area contributed by atoms with Gasteiger partial charge in [-0.2, -0.15) is 18.3 Å². The van der Waals surface area contributed by atoms with Crippen LogP contribution in [0.2, 0.25) is 0 Å². The van der Waals surface area contributed by atoms with Crippen LogP contribution in [0.4, 0.5) is 13.2 Å². The summed E-state index contributed by atoms with van der Waals surface area (Å²) in [7, 11) is 0. The molecular formula is C20H21F3N6O. The maximum absolute atomic E-state index is 12.9. The van der Waals surface area contributed by atoms with E-state index in [1.54, 1.807) is 23.5 Å². The lowest BCUT2D eigenvalue weighted by atomic mass is 10.2. The second-order valence-electron chi connectivity index (χ2n) is 7.44. The average Bonchev–Trinajstić information content (AvgIpc) is 3.41. The summed E-state index contributed by atoms with van der Waals surface area (Å²) >= 11 is 0. The summed E-state index contributed by atoms with van der Waals surface area (Å²) < 4.78 is 41.8. The number of aromatic nitrogens is 5. The van der Waals surface area contributed by atoms with Gasteiger partial charge in [0.2, 0.25) is 5.91 Å². The van der Waals surface area contributed by atoms with E-state index < -0.39 is 11.9 Å². The van der Waals surface area contributed by atoms with Crippen LogP contribution in [-0.4, -0.2) is 48.2 Å². The van der Waals surface area contributed by atoms with Crippen LogP contribution in [0.15, 0.2) is 36.8 Å². The monoisotopic (exact) mass is 418 g/mol. The molecule has 4 heterocycles. The minimum atomic E-state index is -4.53. The summed E-state index contributed by atoms with van der Waals surface area (Å²) in [5.41, 5.74) is 1.24. The predicted octanol–water partition coefficient (Wildman–Crippen LogP) is 3.25. The van der Waals surface area contributed by atoms with Gasteiger partial charge in [-0.1, -0.05) is 0 Å². The molecule has 0 N–H and O–H groups in total. The Hall–Kier alpha value is -3.17. The summed E-state index contributed by atoms with van der Waals surface area (Å²) in [5.74, 6) is 0.563. The second-order valence-corrected chi connectivity index (χ2v) is 7.44. The molecular weight excluding hydrogens is 397 g/mol. The van der Waals surface area contributed by atoms with E-state index in [0.29, 0.717) is 18.8 Å². The fraction of sp³-hybridized carbons (Fsp3) is 0.400. The Morgan fingerprint density at radius 3 is 2.60 bits per heavy atom. The normalized spacial score (nSPS) is 17.0. The maximum atomic E-state index is 12.9. The summed E-state index contributed by atoms with van der Waals surface area (Å²) in [4.78, 5) is 23.0. The number of nitrogens with zero attached hydrogens (tertiary/aromatic N) is 6. The van der Waals surface area contributed by atoms with Crippen LogP contribution < -0.4 is 0 Å². The van der Waals surface area contributed by atoms with Crippen LogP contribution in [0.5, 0.6) is 0 Å². The number of rotatable bonds is 4. The first kappa shape index (κ1) is 20.1. The minimum Gasteiger partial charge on any atom is -0.339 e. The third-order valence-electron chi connectivity index (χ3n) is 5.36. The molecule has 3 aromatic heterocycles. The van der Waals surface area contributed by atoms with Crippen molar-refractivity contribution >= 4 is 5.91 Å². The Morgan fingerprint density at radius 2 is 1.93 bits per heavy atom. The smallest absolute Gasteiger partial charge is 0.339 e. The molecule has 1 aliphatic rings. The number of carbonyl (C=O) groups is 1. The Morgan fingerprint density at radius 1 is 1.20 bits per heavy atom. The molecule has 1 aliphatic heterocycles. The lowest BCUT2D eigenvalue weighted by molar-refractivity contribution is -0.142. The van der Waals surface area contributed by atoms with Crippen LogP contribution >= 0.6 is 0 Å². The minimum absolute atomic E-state index is 0.0454. The van der Waals surface area contributed by atoms with Gasteiger partial charge in [0, 0.05) is 48.6 Å². The van der Waals surface area contributed by atoms with Gasteiger partial charge in [-0.05, 0) is 38.5 Å². The van der Waals surface area contributed by atoms with E-state index >= 15 is 0 Å². The van der Waals surface area contributed by atoms with Crippen LogP contribution in [0.25, 0.3) is 11.4 Å². The van der Waals surface area contributed by atoms with E-state index in [1.165, 1.54) is 6.92 Å². The number of hydrogen-bond acceptors (Lipinski definition) is 4. The summed E-state index contributed by atoms with van der Waals surface area (Å²) in [6, 6.07) is 4.77. The van der Waals surface area contributed by atoms with E-state index in [9.17, 15) is 18.0 Å². The van der Waals surface area contributed by atoms with Crippen molar-refractivity contribution in [1.82, 2.24) is 29.2 Å². The SMILES string of the molecule is Cc1cc(C(F)(F)F)nn1CC(=O)N1CCC(n2c(C)cnc2-c2ccncc2)C1. The largest absolute Gasteiger partial charge is 0.435 e. The summed E-state index contributed by atoms with van der Waals surface area (Å²) in [6.07, 6.45) is 1.42. The third kappa shape index (κ3) is 3.81. The number of alkyl halides is 3. The van der Waals surface area contributed by atoms with E-state index in [-0.39, 0.29) is 18.5 Å². The van der Waals surface area contributed by atoms with E-state index in [1.807, 2.05) is 19.1 Å². The fourth-order valence-electron chi connectivity index (χ4n) is 3.84. The van der Waals surface area contributed by atoms with Crippen LogP contribution in [0.3, 0.4) is 0 Å². The lowest BCUT2D eigenvalue weighted by Crippen LogP contribution is -2.33. The highest BCUT2D eigenvalue weighted by Crippen LogP contribution is 2.30. The van der Waals surface area contributed by atoms with Crippen LogP contribution in [0, 0.1) is 13.8 Å². The molecule has 1 saturated heterocycles. The standard InChI is InChI=1S/C20H21F3N6O/c1-13-9-17(20(21,22)23)26-28(13)12-18(30)27-8-5-16(11-27)29-14(2)10-25-19(29)15-3-6-24-7-4-15/h3-4,6-7,9-10,16H,5,8,11-12H2,1-2H3. The Balaban J connectivity index is 1.49. The number of carbonyl (C=O) groups excluding carboxylic acids is 1. The molecule has 0 aliphatic carbocycles. The molecule has 1 fully saturated rings. The van der Waals surface area contributed by atoms with Gasteiger partial charge < -0.3 is 9.47 Å². The van der Waals surface area contributed by atoms with Gasteiger partial charge in [0.25, 0.3) is 0 Å². The highest BCUT2D eigenvalue weighted by molar-refractivity contribution is 5.76. The second kappa shape index (κ2) is 7.58. The average molecular weight is 418 g/mol. The van der Waals surface area contributed by atoms with E-state index in [2.05, 4.69) is 19.6 Å². The van der Waals surface area contributed by atoms with Crippen molar-refractivity contribution in [2.75, 3.05) is 13.1 Å². The number of amides is 1. The molecule has 158 valence electrons. The zero-order valence-corrected chi connectivity index (χ0v) is 16.6. The van der Waals surface area contributed by atoms with Crippen molar-refractivity contribution in [3.63, 3.8) is 0 Å². The number of aryl methyl sites for hydroxylation is 2. The van der Waals surface area contributed by atoms with Gasteiger partial charge in [-0.25, -0.2) is 4.98 Å². The quantitative estimate of drug-likeness (QED) is 0.652. The first-order chi connectivity index (χ1) is 14.2. The molecule has 0 bridgehead atoms. The number of imidazole rings is 1. The Bertz CT molecular complexity index is 1060. The Labute approximate surface area is 171 Å². The van der Waals surface area contributed by atoms with Crippen molar-refractivity contribution in [2.24, 2.45) is 0 Å². The van der Waals surface area contributed by atoms with Crippen molar-refractivity contribution in [3.05, 3.63) is 53.9 Å². The van der Waals surface area contributed by atoms with E-state index in [0.717, 1.165) is 34.3 Å². The number of halogens is 3. The highest BCUT2D eigenvalue weighted by atomic mass is 19.4. The third-order valence-corrected chi connectivity index (χ3v) is 5.36. The molecule has 0 aromatic carbocycles. The molecule has 0 radical (unpaired) electrons. The molecule has 10 heteroatoms.